The summed E-state index contributed by atoms with van der Waals surface area (Å²) in [5.41, 5.74) is -0.984. The van der Waals surface area contributed by atoms with E-state index >= 15 is 0 Å². The summed E-state index contributed by atoms with van der Waals surface area (Å²) in [4.78, 5) is 0. The molecule has 0 saturated carbocycles. The van der Waals surface area contributed by atoms with Crippen LogP contribution in [-0.4, -0.2) is 0 Å². The van der Waals surface area contributed by atoms with Crippen LogP contribution in [0.2, 0.25) is 0 Å². The number of halogens is 4. The molecular weight excluding hydrogens is 196 g/mol. The van der Waals surface area contributed by atoms with Gasteiger partial charge in [-0.15, -0.1) is 0 Å². The quantitative estimate of drug-likeness (QED) is 0.610. The maximum atomic E-state index is 12.7. The van der Waals surface area contributed by atoms with Gasteiger partial charge < -0.3 is 0 Å². The van der Waals surface area contributed by atoms with Crippen LogP contribution < -0.4 is 0 Å². The SMILES string of the molecule is [CH2]C=Cc1ccc(F)c(C(F)(F)F)c1. The predicted molar refractivity (Wildman–Crippen MR) is 45.8 cm³/mol. The number of alkyl halides is 3. The molecule has 0 aliphatic carbocycles. The minimum atomic E-state index is -4.66. The first-order chi connectivity index (χ1) is 6.45. The van der Waals surface area contributed by atoms with Crippen molar-refractivity contribution in [3.8, 4) is 0 Å². The third kappa shape index (κ3) is 2.34. The molecule has 0 aliphatic heterocycles. The molecule has 0 fully saturated rings. The van der Waals surface area contributed by atoms with Crippen LogP contribution >= 0.6 is 0 Å². The van der Waals surface area contributed by atoms with Gasteiger partial charge in [-0.2, -0.15) is 13.2 Å². The van der Waals surface area contributed by atoms with Crippen molar-refractivity contribution in [3.05, 3.63) is 48.1 Å². The van der Waals surface area contributed by atoms with Crippen molar-refractivity contribution >= 4 is 6.08 Å². The van der Waals surface area contributed by atoms with Crippen molar-refractivity contribution in [2.24, 2.45) is 0 Å². The maximum Gasteiger partial charge on any atom is 0.419 e. The van der Waals surface area contributed by atoms with Gasteiger partial charge in [-0.1, -0.05) is 18.2 Å². The number of benzene rings is 1. The van der Waals surface area contributed by atoms with Crippen molar-refractivity contribution < 1.29 is 17.6 Å². The molecule has 0 N–H and O–H groups in total. The molecule has 1 aromatic carbocycles. The normalized spacial score (nSPS) is 12.4. The summed E-state index contributed by atoms with van der Waals surface area (Å²) in [5.74, 6) is -1.27. The van der Waals surface area contributed by atoms with E-state index in [-0.39, 0.29) is 5.56 Å². The van der Waals surface area contributed by atoms with Gasteiger partial charge in [0.25, 0.3) is 0 Å². The number of hydrogen-bond acceptors (Lipinski definition) is 0. The zero-order valence-corrected chi connectivity index (χ0v) is 7.11. The molecule has 0 amide bonds. The monoisotopic (exact) mass is 203 g/mol. The van der Waals surface area contributed by atoms with Gasteiger partial charge in [-0.25, -0.2) is 4.39 Å². The fourth-order valence-corrected chi connectivity index (χ4v) is 1.000. The first-order valence-corrected chi connectivity index (χ1v) is 3.77. The molecule has 75 valence electrons. The fraction of sp³-hybridized carbons (Fsp3) is 0.100. The Bertz CT molecular complexity index is 350. The predicted octanol–water partition coefficient (Wildman–Crippen LogP) is 3.69. The number of rotatable bonds is 1. The zero-order valence-electron chi connectivity index (χ0n) is 7.11. The Morgan fingerprint density at radius 2 is 1.86 bits per heavy atom. The van der Waals surface area contributed by atoms with Gasteiger partial charge in [0.1, 0.15) is 5.82 Å². The van der Waals surface area contributed by atoms with Crippen LogP contribution in [0.25, 0.3) is 6.08 Å². The summed E-state index contributed by atoms with van der Waals surface area (Å²) in [5, 5.41) is 0. The summed E-state index contributed by atoms with van der Waals surface area (Å²) >= 11 is 0. The van der Waals surface area contributed by atoms with Gasteiger partial charge in [-0.05, 0) is 24.6 Å². The highest BCUT2D eigenvalue weighted by Crippen LogP contribution is 2.32. The molecule has 0 spiro atoms. The lowest BCUT2D eigenvalue weighted by Gasteiger charge is -2.08. The molecule has 0 aromatic heterocycles. The third-order valence-corrected chi connectivity index (χ3v) is 1.61. The minimum Gasteiger partial charge on any atom is -0.206 e. The molecule has 0 nitrogen and oxygen atoms in total. The van der Waals surface area contributed by atoms with E-state index in [9.17, 15) is 17.6 Å². The van der Waals surface area contributed by atoms with Gasteiger partial charge in [0.05, 0.1) is 5.56 Å². The largest absolute Gasteiger partial charge is 0.419 e. The molecule has 4 heteroatoms. The maximum absolute atomic E-state index is 12.7. The van der Waals surface area contributed by atoms with Crippen LogP contribution in [-0.2, 0) is 6.18 Å². The Morgan fingerprint density at radius 1 is 1.21 bits per heavy atom. The molecule has 1 rings (SSSR count). The molecule has 0 aliphatic rings. The van der Waals surface area contributed by atoms with E-state index in [1.807, 2.05) is 0 Å². The van der Waals surface area contributed by atoms with Crippen LogP contribution in [0, 0.1) is 12.7 Å². The van der Waals surface area contributed by atoms with Crippen molar-refractivity contribution in [1.29, 1.82) is 0 Å². The molecule has 0 saturated heterocycles. The van der Waals surface area contributed by atoms with Crippen molar-refractivity contribution in [3.63, 3.8) is 0 Å². The third-order valence-electron chi connectivity index (χ3n) is 1.61. The first-order valence-electron chi connectivity index (χ1n) is 3.77. The summed E-state index contributed by atoms with van der Waals surface area (Å²) in [6, 6.07) is 2.79. The van der Waals surface area contributed by atoms with E-state index in [0.717, 1.165) is 12.1 Å². The average molecular weight is 203 g/mol. The Balaban J connectivity index is 3.22. The summed E-state index contributed by atoms with van der Waals surface area (Å²) in [6.45, 7) is 3.34. The fourth-order valence-electron chi connectivity index (χ4n) is 1.000. The van der Waals surface area contributed by atoms with Crippen LogP contribution in [0.15, 0.2) is 24.3 Å². The zero-order chi connectivity index (χ0) is 10.8. The Labute approximate surface area is 78.9 Å². The molecule has 0 heterocycles. The highest BCUT2D eigenvalue weighted by Gasteiger charge is 2.33. The molecule has 1 radical (unpaired) electrons. The second kappa shape index (κ2) is 3.82. The molecule has 14 heavy (non-hydrogen) atoms. The van der Waals surface area contributed by atoms with E-state index in [1.54, 1.807) is 0 Å². The van der Waals surface area contributed by atoms with Gasteiger partial charge in [-0.3, -0.25) is 0 Å². The van der Waals surface area contributed by atoms with Crippen molar-refractivity contribution in [2.75, 3.05) is 0 Å². The van der Waals surface area contributed by atoms with Crippen molar-refractivity contribution in [1.82, 2.24) is 0 Å². The lowest BCUT2D eigenvalue weighted by atomic mass is 10.1. The highest BCUT2D eigenvalue weighted by molar-refractivity contribution is 5.51. The number of hydrogen-bond donors (Lipinski definition) is 0. The van der Waals surface area contributed by atoms with Gasteiger partial charge >= 0.3 is 6.18 Å². The molecule has 0 bridgehead atoms. The molecule has 0 unspecified atom stereocenters. The lowest BCUT2D eigenvalue weighted by molar-refractivity contribution is -0.140. The summed E-state index contributed by atoms with van der Waals surface area (Å²) in [6.07, 6.45) is -1.95. The van der Waals surface area contributed by atoms with Crippen LogP contribution in [0.4, 0.5) is 17.6 Å². The first kappa shape index (κ1) is 10.8. The topological polar surface area (TPSA) is 0 Å². The Kier molecular flexibility index (Phi) is 2.93. The van der Waals surface area contributed by atoms with E-state index in [4.69, 9.17) is 0 Å². The van der Waals surface area contributed by atoms with E-state index in [2.05, 4.69) is 6.92 Å². The van der Waals surface area contributed by atoms with Gasteiger partial charge in [0, 0.05) is 0 Å². The Morgan fingerprint density at radius 3 is 2.36 bits per heavy atom. The molecular formula is C10H7F4. The number of allylic oxidation sites excluding steroid dienone is 1. The standard InChI is InChI=1S/C10H7F4/c1-2-3-7-4-5-9(11)8(6-7)10(12,13)14/h2-6H,1H2. The smallest absolute Gasteiger partial charge is 0.206 e. The van der Waals surface area contributed by atoms with E-state index in [1.165, 1.54) is 18.2 Å². The minimum absolute atomic E-state index is 0.272. The van der Waals surface area contributed by atoms with Gasteiger partial charge in [0.15, 0.2) is 0 Å². The molecule has 1 aromatic rings. The van der Waals surface area contributed by atoms with Crippen LogP contribution in [0.5, 0.6) is 0 Å². The second-order valence-electron chi connectivity index (χ2n) is 2.64. The summed E-state index contributed by atoms with van der Waals surface area (Å²) < 4.78 is 49.3. The summed E-state index contributed by atoms with van der Waals surface area (Å²) in [7, 11) is 0. The van der Waals surface area contributed by atoms with Crippen LogP contribution in [0.1, 0.15) is 11.1 Å². The lowest BCUT2D eigenvalue weighted by Crippen LogP contribution is -2.08. The van der Waals surface area contributed by atoms with Crippen molar-refractivity contribution in [2.45, 2.75) is 6.18 Å². The van der Waals surface area contributed by atoms with Gasteiger partial charge in [0.2, 0.25) is 0 Å². The highest BCUT2D eigenvalue weighted by atomic mass is 19.4. The van der Waals surface area contributed by atoms with Crippen LogP contribution in [0.3, 0.4) is 0 Å². The van der Waals surface area contributed by atoms with E-state index in [0.29, 0.717) is 0 Å². The molecule has 0 atom stereocenters. The van der Waals surface area contributed by atoms with E-state index < -0.39 is 17.6 Å². The average Bonchev–Trinajstić information content (AvgIpc) is 2.07. The Hall–Kier alpha value is -1.32. The second-order valence-corrected chi connectivity index (χ2v) is 2.64.